The van der Waals surface area contributed by atoms with Gasteiger partial charge in [-0.1, -0.05) is 6.42 Å². The third kappa shape index (κ3) is 3.60. The number of piperidine rings is 1. The predicted molar refractivity (Wildman–Crippen MR) is 91.1 cm³/mol. The number of hydrogen-bond donors (Lipinski definition) is 1. The number of carbonyl (C=O) groups is 1. The molecule has 23 heavy (non-hydrogen) atoms. The molecule has 5 heteroatoms. The van der Waals surface area contributed by atoms with Gasteiger partial charge in [-0.15, -0.1) is 0 Å². The van der Waals surface area contributed by atoms with Gasteiger partial charge in [0.15, 0.2) is 0 Å². The van der Waals surface area contributed by atoms with Gasteiger partial charge in [0, 0.05) is 49.4 Å². The van der Waals surface area contributed by atoms with Gasteiger partial charge in [0.2, 0.25) is 5.91 Å². The van der Waals surface area contributed by atoms with E-state index >= 15 is 0 Å². The summed E-state index contributed by atoms with van der Waals surface area (Å²) in [6, 6.07) is 0.657. The van der Waals surface area contributed by atoms with Crippen LogP contribution in [-0.2, 0) is 4.79 Å². The molecule has 1 aromatic heterocycles. The maximum Gasteiger partial charge on any atom is 0.225 e. The zero-order chi connectivity index (χ0) is 16.4. The van der Waals surface area contributed by atoms with Crippen LogP contribution in [0.2, 0.25) is 0 Å². The summed E-state index contributed by atoms with van der Waals surface area (Å²) in [5.41, 5.74) is 6.04. The lowest BCUT2D eigenvalue weighted by Gasteiger charge is -2.36. The molecule has 1 amide bonds. The van der Waals surface area contributed by atoms with Crippen LogP contribution in [0.15, 0.2) is 12.4 Å². The Bertz CT molecular complexity index is 531. The van der Waals surface area contributed by atoms with Gasteiger partial charge >= 0.3 is 0 Å². The molecule has 1 aliphatic heterocycles. The number of nitrogens with two attached hydrogens (primary N) is 1. The van der Waals surface area contributed by atoms with Crippen LogP contribution in [0, 0.1) is 5.92 Å². The monoisotopic (exact) mass is 318 g/mol. The van der Waals surface area contributed by atoms with Gasteiger partial charge in [-0.2, -0.15) is 0 Å². The standard InChI is InChI=1S/C18H30N4O/c1-13(2)22-11-8-20-17(22)14-6-9-21(10-7-14)18(23)15-4-3-5-16(19)12-15/h8,11,13-16H,3-7,9-10,12,19H2,1-2H3. The topological polar surface area (TPSA) is 64.2 Å². The highest BCUT2D eigenvalue weighted by atomic mass is 16.2. The van der Waals surface area contributed by atoms with E-state index in [4.69, 9.17) is 5.73 Å². The Morgan fingerprint density at radius 3 is 2.65 bits per heavy atom. The molecule has 5 nitrogen and oxygen atoms in total. The number of rotatable bonds is 3. The summed E-state index contributed by atoms with van der Waals surface area (Å²) in [6.07, 6.45) is 10.1. The molecular formula is C18H30N4O. The largest absolute Gasteiger partial charge is 0.342 e. The molecule has 1 saturated heterocycles. The van der Waals surface area contributed by atoms with Crippen LogP contribution >= 0.6 is 0 Å². The quantitative estimate of drug-likeness (QED) is 0.932. The normalized spacial score (nSPS) is 26.7. The third-order valence-electron chi connectivity index (χ3n) is 5.49. The molecule has 2 unspecified atom stereocenters. The second-order valence-corrected chi connectivity index (χ2v) is 7.51. The first-order chi connectivity index (χ1) is 11.1. The molecule has 3 rings (SSSR count). The molecule has 2 fully saturated rings. The highest BCUT2D eigenvalue weighted by molar-refractivity contribution is 5.79. The van der Waals surface area contributed by atoms with Crippen molar-refractivity contribution in [2.45, 2.75) is 70.4 Å². The van der Waals surface area contributed by atoms with Crippen molar-refractivity contribution in [3.8, 4) is 0 Å². The van der Waals surface area contributed by atoms with Crippen LogP contribution in [0.4, 0.5) is 0 Å². The Morgan fingerprint density at radius 2 is 2.00 bits per heavy atom. The van der Waals surface area contributed by atoms with Gasteiger partial charge in [-0.05, 0) is 46.0 Å². The number of likely N-dealkylation sites (tertiary alicyclic amines) is 1. The molecule has 2 aliphatic rings. The van der Waals surface area contributed by atoms with E-state index in [1.165, 1.54) is 5.82 Å². The molecule has 1 aliphatic carbocycles. The molecule has 0 bridgehead atoms. The summed E-state index contributed by atoms with van der Waals surface area (Å²) >= 11 is 0. The molecule has 0 aromatic carbocycles. The summed E-state index contributed by atoms with van der Waals surface area (Å²) in [5, 5.41) is 0. The number of amides is 1. The fourth-order valence-corrected chi connectivity index (χ4v) is 4.15. The first kappa shape index (κ1) is 16.5. The van der Waals surface area contributed by atoms with Crippen molar-refractivity contribution in [3.63, 3.8) is 0 Å². The fourth-order valence-electron chi connectivity index (χ4n) is 4.15. The smallest absolute Gasteiger partial charge is 0.225 e. The van der Waals surface area contributed by atoms with Gasteiger partial charge in [-0.3, -0.25) is 4.79 Å². The molecule has 0 spiro atoms. The molecule has 2 atom stereocenters. The summed E-state index contributed by atoms with van der Waals surface area (Å²) in [5.74, 6) is 2.16. The Kier molecular flexibility index (Phi) is 5.05. The van der Waals surface area contributed by atoms with E-state index in [2.05, 4.69) is 34.5 Å². The highest BCUT2D eigenvalue weighted by Gasteiger charge is 2.32. The number of imidazole rings is 1. The maximum atomic E-state index is 12.7. The van der Waals surface area contributed by atoms with E-state index in [0.29, 0.717) is 17.9 Å². The molecule has 1 aromatic rings. The lowest BCUT2D eigenvalue weighted by molar-refractivity contribution is -0.137. The van der Waals surface area contributed by atoms with Gasteiger partial charge in [0.25, 0.3) is 0 Å². The fraction of sp³-hybridized carbons (Fsp3) is 0.778. The lowest BCUT2D eigenvalue weighted by Crippen LogP contribution is -2.44. The van der Waals surface area contributed by atoms with Crippen LogP contribution in [0.1, 0.15) is 70.2 Å². The summed E-state index contributed by atoms with van der Waals surface area (Å²) in [6.45, 7) is 6.10. The van der Waals surface area contributed by atoms with Crippen LogP contribution < -0.4 is 5.73 Å². The van der Waals surface area contributed by atoms with Crippen molar-refractivity contribution < 1.29 is 4.79 Å². The minimum absolute atomic E-state index is 0.160. The van der Waals surface area contributed by atoms with Crippen molar-refractivity contribution in [3.05, 3.63) is 18.2 Å². The molecular weight excluding hydrogens is 288 g/mol. The average molecular weight is 318 g/mol. The highest BCUT2D eigenvalue weighted by Crippen LogP contribution is 2.31. The second kappa shape index (κ2) is 7.04. The third-order valence-corrected chi connectivity index (χ3v) is 5.49. The Hall–Kier alpha value is -1.36. The SMILES string of the molecule is CC(C)n1ccnc1C1CCN(C(=O)C2CCCC(N)C2)CC1. The van der Waals surface area contributed by atoms with E-state index in [1.807, 2.05) is 6.20 Å². The first-order valence-electron chi connectivity index (χ1n) is 9.13. The Morgan fingerprint density at radius 1 is 1.26 bits per heavy atom. The van der Waals surface area contributed by atoms with Crippen LogP contribution in [0.25, 0.3) is 0 Å². The first-order valence-corrected chi connectivity index (χ1v) is 9.13. The molecule has 0 radical (unpaired) electrons. The molecule has 2 N–H and O–H groups in total. The maximum absolute atomic E-state index is 12.7. The zero-order valence-electron chi connectivity index (χ0n) is 14.4. The average Bonchev–Trinajstić information content (AvgIpc) is 3.04. The Balaban J connectivity index is 1.58. The summed E-state index contributed by atoms with van der Waals surface area (Å²) < 4.78 is 2.27. The van der Waals surface area contributed by atoms with Crippen molar-refractivity contribution in [2.24, 2.45) is 11.7 Å². The summed E-state index contributed by atoms with van der Waals surface area (Å²) in [7, 11) is 0. The molecule has 2 heterocycles. The van der Waals surface area contributed by atoms with E-state index in [1.54, 1.807) is 0 Å². The van der Waals surface area contributed by atoms with Gasteiger partial charge in [0.1, 0.15) is 5.82 Å². The summed E-state index contributed by atoms with van der Waals surface area (Å²) in [4.78, 5) is 19.4. The van der Waals surface area contributed by atoms with Gasteiger partial charge in [-0.25, -0.2) is 4.98 Å². The Labute approximate surface area is 139 Å². The van der Waals surface area contributed by atoms with Crippen molar-refractivity contribution in [1.82, 2.24) is 14.5 Å². The van der Waals surface area contributed by atoms with Crippen molar-refractivity contribution in [2.75, 3.05) is 13.1 Å². The van der Waals surface area contributed by atoms with E-state index in [9.17, 15) is 4.79 Å². The van der Waals surface area contributed by atoms with E-state index in [0.717, 1.165) is 51.6 Å². The number of hydrogen-bond acceptors (Lipinski definition) is 3. The van der Waals surface area contributed by atoms with Gasteiger partial charge in [0.05, 0.1) is 0 Å². The van der Waals surface area contributed by atoms with Crippen molar-refractivity contribution >= 4 is 5.91 Å². The van der Waals surface area contributed by atoms with Crippen LogP contribution in [0.3, 0.4) is 0 Å². The van der Waals surface area contributed by atoms with Crippen LogP contribution in [0.5, 0.6) is 0 Å². The molecule has 128 valence electrons. The second-order valence-electron chi connectivity index (χ2n) is 7.51. The van der Waals surface area contributed by atoms with Crippen LogP contribution in [-0.4, -0.2) is 39.5 Å². The number of nitrogens with zero attached hydrogens (tertiary/aromatic N) is 3. The molecule has 1 saturated carbocycles. The predicted octanol–water partition coefficient (Wildman–Crippen LogP) is 2.69. The minimum Gasteiger partial charge on any atom is -0.342 e. The zero-order valence-corrected chi connectivity index (χ0v) is 14.4. The number of aromatic nitrogens is 2. The van der Waals surface area contributed by atoms with Gasteiger partial charge < -0.3 is 15.2 Å². The number of carbonyl (C=O) groups excluding carboxylic acids is 1. The lowest BCUT2D eigenvalue weighted by atomic mass is 9.84. The van der Waals surface area contributed by atoms with Crippen molar-refractivity contribution in [1.29, 1.82) is 0 Å². The van der Waals surface area contributed by atoms with E-state index < -0.39 is 0 Å². The van der Waals surface area contributed by atoms with E-state index in [-0.39, 0.29) is 12.0 Å². The minimum atomic E-state index is 0.160.